The minimum atomic E-state index is -0.301. The van der Waals surface area contributed by atoms with Gasteiger partial charge in [-0.3, -0.25) is 9.36 Å². The molecule has 6 heteroatoms. The minimum Gasteiger partial charge on any atom is -0.336 e. The molecule has 1 aromatic heterocycles. The quantitative estimate of drug-likeness (QED) is 0.882. The van der Waals surface area contributed by atoms with Crippen LogP contribution in [-0.4, -0.2) is 22.1 Å². The standard InChI is InChI=1S/C14H16N4O2/c1-11-9-15-10-18(13(11)19)8-7-16-14(20)17-12-5-3-2-4-6-12/h2-6,9-10H,7-8H2,1H3,(H2,16,17,20). The third-order valence-electron chi connectivity index (χ3n) is 2.74. The van der Waals surface area contributed by atoms with Gasteiger partial charge in [0.25, 0.3) is 5.56 Å². The Labute approximate surface area is 116 Å². The number of para-hydroxylation sites is 1. The van der Waals surface area contributed by atoms with Crippen molar-refractivity contribution in [3.8, 4) is 0 Å². The summed E-state index contributed by atoms with van der Waals surface area (Å²) in [5.41, 5.74) is 1.21. The van der Waals surface area contributed by atoms with Gasteiger partial charge in [0.2, 0.25) is 0 Å². The van der Waals surface area contributed by atoms with Crippen LogP contribution < -0.4 is 16.2 Å². The van der Waals surface area contributed by atoms with Gasteiger partial charge in [0.05, 0.1) is 6.33 Å². The summed E-state index contributed by atoms with van der Waals surface area (Å²) in [4.78, 5) is 27.3. The fourth-order valence-electron chi connectivity index (χ4n) is 1.71. The average Bonchev–Trinajstić information content (AvgIpc) is 2.44. The number of carbonyl (C=O) groups is 1. The number of rotatable bonds is 4. The minimum absolute atomic E-state index is 0.0923. The average molecular weight is 272 g/mol. The van der Waals surface area contributed by atoms with Crippen molar-refractivity contribution in [2.45, 2.75) is 13.5 Å². The van der Waals surface area contributed by atoms with E-state index in [1.54, 1.807) is 19.1 Å². The molecular formula is C14H16N4O2. The van der Waals surface area contributed by atoms with E-state index in [1.165, 1.54) is 17.1 Å². The van der Waals surface area contributed by atoms with E-state index in [9.17, 15) is 9.59 Å². The van der Waals surface area contributed by atoms with Crippen LogP contribution in [0.2, 0.25) is 0 Å². The normalized spacial score (nSPS) is 10.1. The first-order chi connectivity index (χ1) is 9.66. The summed E-state index contributed by atoms with van der Waals surface area (Å²) in [6.07, 6.45) is 2.99. The van der Waals surface area contributed by atoms with E-state index in [1.807, 2.05) is 18.2 Å². The van der Waals surface area contributed by atoms with Crippen LogP contribution in [-0.2, 0) is 6.54 Å². The topological polar surface area (TPSA) is 76.0 Å². The second-order valence-corrected chi connectivity index (χ2v) is 4.32. The van der Waals surface area contributed by atoms with Gasteiger partial charge in [0.15, 0.2) is 0 Å². The van der Waals surface area contributed by atoms with Crippen molar-refractivity contribution in [2.75, 3.05) is 11.9 Å². The third-order valence-corrected chi connectivity index (χ3v) is 2.74. The molecule has 0 spiro atoms. The van der Waals surface area contributed by atoms with Gasteiger partial charge in [0.1, 0.15) is 0 Å². The van der Waals surface area contributed by atoms with Gasteiger partial charge in [0, 0.05) is 30.5 Å². The van der Waals surface area contributed by atoms with Crippen molar-refractivity contribution in [3.05, 3.63) is 58.8 Å². The van der Waals surface area contributed by atoms with E-state index in [4.69, 9.17) is 0 Å². The maximum absolute atomic E-state index is 11.7. The van der Waals surface area contributed by atoms with Crippen LogP contribution in [0.4, 0.5) is 10.5 Å². The Morgan fingerprint density at radius 1 is 1.30 bits per heavy atom. The first-order valence-electron chi connectivity index (χ1n) is 6.28. The van der Waals surface area contributed by atoms with Gasteiger partial charge in [-0.25, -0.2) is 9.78 Å². The number of amides is 2. The van der Waals surface area contributed by atoms with E-state index in [-0.39, 0.29) is 11.6 Å². The summed E-state index contributed by atoms with van der Waals surface area (Å²) in [6.45, 7) is 2.45. The maximum Gasteiger partial charge on any atom is 0.319 e. The Bertz CT molecular complexity index is 637. The number of hydrogen-bond donors (Lipinski definition) is 2. The van der Waals surface area contributed by atoms with Gasteiger partial charge in [-0.2, -0.15) is 0 Å². The molecule has 0 bridgehead atoms. The molecule has 0 aliphatic carbocycles. The number of carbonyl (C=O) groups excluding carboxylic acids is 1. The van der Waals surface area contributed by atoms with Gasteiger partial charge in [-0.1, -0.05) is 18.2 Å². The van der Waals surface area contributed by atoms with Crippen LogP contribution in [0.5, 0.6) is 0 Å². The number of benzene rings is 1. The lowest BCUT2D eigenvalue weighted by Gasteiger charge is -2.09. The molecule has 1 heterocycles. The number of aryl methyl sites for hydroxylation is 1. The highest BCUT2D eigenvalue weighted by atomic mass is 16.2. The van der Waals surface area contributed by atoms with Crippen LogP contribution in [0.1, 0.15) is 5.56 Å². The molecule has 0 aliphatic heterocycles. The molecule has 0 radical (unpaired) electrons. The predicted molar refractivity (Wildman–Crippen MR) is 76.7 cm³/mol. The summed E-state index contributed by atoms with van der Waals surface area (Å²) in [6, 6.07) is 8.86. The molecule has 2 N–H and O–H groups in total. The van der Waals surface area contributed by atoms with Gasteiger partial charge >= 0.3 is 6.03 Å². The lowest BCUT2D eigenvalue weighted by Crippen LogP contribution is -2.34. The van der Waals surface area contributed by atoms with Crippen LogP contribution in [0.3, 0.4) is 0 Å². The molecule has 0 aliphatic rings. The molecule has 2 aromatic rings. The molecule has 0 saturated heterocycles. The van der Waals surface area contributed by atoms with Crippen molar-refractivity contribution in [3.63, 3.8) is 0 Å². The highest BCUT2D eigenvalue weighted by Crippen LogP contribution is 2.03. The van der Waals surface area contributed by atoms with Crippen LogP contribution >= 0.6 is 0 Å². The molecule has 2 amide bonds. The molecule has 6 nitrogen and oxygen atoms in total. The summed E-state index contributed by atoms with van der Waals surface area (Å²) < 4.78 is 1.47. The predicted octanol–water partition coefficient (Wildman–Crippen LogP) is 1.37. The number of anilines is 1. The lowest BCUT2D eigenvalue weighted by atomic mass is 10.3. The number of nitrogens with one attached hydrogen (secondary N) is 2. The monoisotopic (exact) mass is 272 g/mol. The van der Waals surface area contributed by atoms with Gasteiger partial charge in [-0.15, -0.1) is 0 Å². The molecule has 0 atom stereocenters. The van der Waals surface area contributed by atoms with Crippen LogP contribution in [0.25, 0.3) is 0 Å². The van der Waals surface area contributed by atoms with E-state index in [2.05, 4.69) is 15.6 Å². The smallest absolute Gasteiger partial charge is 0.319 e. The highest BCUT2D eigenvalue weighted by molar-refractivity contribution is 5.89. The highest BCUT2D eigenvalue weighted by Gasteiger charge is 2.02. The van der Waals surface area contributed by atoms with E-state index in [0.717, 1.165) is 5.69 Å². The van der Waals surface area contributed by atoms with Crippen molar-refractivity contribution >= 4 is 11.7 Å². The molecule has 104 valence electrons. The maximum atomic E-state index is 11.7. The van der Waals surface area contributed by atoms with E-state index < -0.39 is 0 Å². The molecule has 20 heavy (non-hydrogen) atoms. The molecule has 0 saturated carbocycles. The van der Waals surface area contributed by atoms with Crippen molar-refractivity contribution in [2.24, 2.45) is 0 Å². The fourth-order valence-corrected chi connectivity index (χ4v) is 1.71. The SMILES string of the molecule is Cc1cncn(CCNC(=O)Nc2ccccc2)c1=O. The molecule has 0 fully saturated rings. The van der Waals surface area contributed by atoms with Gasteiger partial charge < -0.3 is 10.6 Å². The Morgan fingerprint density at radius 3 is 2.80 bits per heavy atom. The number of urea groups is 1. The van der Waals surface area contributed by atoms with E-state index >= 15 is 0 Å². The summed E-state index contributed by atoms with van der Waals surface area (Å²) >= 11 is 0. The zero-order chi connectivity index (χ0) is 14.4. The number of nitrogens with zero attached hydrogens (tertiary/aromatic N) is 2. The largest absolute Gasteiger partial charge is 0.336 e. The second kappa shape index (κ2) is 6.51. The fraction of sp³-hybridized carbons (Fsp3) is 0.214. The Hall–Kier alpha value is -2.63. The molecular weight excluding hydrogens is 256 g/mol. The summed E-state index contributed by atoms with van der Waals surface area (Å²) in [5.74, 6) is 0. The zero-order valence-electron chi connectivity index (χ0n) is 11.2. The zero-order valence-corrected chi connectivity index (χ0v) is 11.2. The second-order valence-electron chi connectivity index (χ2n) is 4.32. The lowest BCUT2D eigenvalue weighted by molar-refractivity contribution is 0.251. The van der Waals surface area contributed by atoms with Crippen molar-refractivity contribution in [1.82, 2.24) is 14.9 Å². The van der Waals surface area contributed by atoms with Crippen molar-refractivity contribution in [1.29, 1.82) is 0 Å². The Morgan fingerprint density at radius 2 is 2.05 bits per heavy atom. The van der Waals surface area contributed by atoms with Crippen LogP contribution in [0, 0.1) is 6.92 Å². The number of aromatic nitrogens is 2. The molecule has 0 unspecified atom stereocenters. The number of hydrogen-bond acceptors (Lipinski definition) is 3. The van der Waals surface area contributed by atoms with Gasteiger partial charge in [-0.05, 0) is 19.1 Å². The summed E-state index contributed by atoms with van der Waals surface area (Å²) in [7, 11) is 0. The summed E-state index contributed by atoms with van der Waals surface area (Å²) in [5, 5.41) is 5.39. The molecule has 1 aromatic carbocycles. The van der Waals surface area contributed by atoms with Crippen LogP contribution in [0.15, 0.2) is 47.7 Å². The Balaban J connectivity index is 1.83. The Kier molecular flexibility index (Phi) is 4.49. The molecule has 2 rings (SSSR count). The first-order valence-corrected chi connectivity index (χ1v) is 6.28. The first kappa shape index (κ1) is 13.8. The van der Waals surface area contributed by atoms with E-state index in [0.29, 0.717) is 18.7 Å². The third kappa shape index (κ3) is 3.68. The van der Waals surface area contributed by atoms with Crippen molar-refractivity contribution < 1.29 is 4.79 Å².